The third-order valence-electron chi connectivity index (χ3n) is 3.66. The first-order chi connectivity index (χ1) is 11.4. The predicted molar refractivity (Wildman–Crippen MR) is 57.9 cm³/mol. The highest BCUT2D eigenvalue weighted by atomic mass is 19.3. The van der Waals surface area contributed by atoms with Gasteiger partial charge in [-0.3, -0.25) is 0 Å². The van der Waals surface area contributed by atoms with E-state index < -0.39 is 52.7 Å². The predicted octanol–water partition coefficient (Wildman–Crippen LogP) is 1.89. The van der Waals surface area contributed by atoms with Crippen LogP contribution in [0.25, 0.3) is 0 Å². The number of carboxylic acid groups (broad SMARTS) is 2. The van der Waals surface area contributed by atoms with Crippen molar-refractivity contribution in [3.8, 4) is 0 Å². The third kappa shape index (κ3) is 1.72. The van der Waals surface area contributed by atoms with Crippen molar-refractivity contribution in [2.24, 2.45) is 0 Å². The summed E-state index contributed by atoms with van der Waals surface area (Å²) < 4.78 is 129. The standard InChI is InChI=1S/C11H5F9O6/c1-2-26-5(25)8(14)10(17,18)6(12,3(21)22)9(15,16)7(13,4(23)24)11(8,19)20/h2H,1H2,(H,21,22)(H,23,24). The molecule has 1 rings (SSSR count). The Hall–Kier alpha value is -2.48. The van der Waals surface area contributed by atoms with E-state index in [2.05, 4.69) is 11.3 Å². The van der Waals surface area contributed by atoms with Crippen LogP contribution in [0.2, 0.25) is 0 Å². The minimum Gasteiger partial charge on any atom is -0.479 e. The number of esters is 1. The molecule has 0 heterocycles. The van der Waals surface area contributed by atoms with Crippen LogP contribution < -0.4 is 0 Å². The van der Waals surface area contributed by atoms with Gasteiger partial charge in [0.15, 0.2) is 0 Å². The van der Waals surface area contributed by atoms with E-state index in [0.717, 1.165) is 0 Å². The quantitative estimate of drug-likeness (QED) is 0.422. The largest absolute Gasteiger partial charge is 0.479 e. The summed E-state index contributed by atoms with van der Waals surface area (Å²) in [7, 11) is 0. The number of halogens is 9. The normalized spacial score (nSPS) is 37.4. The van der Waals surface area contributed by atoms with Gasteiger partial charge in [-0.05, 0) is 0 Å². The second kappa shape index (κ2) is 5.26. The molecule has 26 heavy (non-hydrogen) atoms. The first-order valence-corrected chi connectivity index (χ1v) is 5.86. The SMILES string of the molecule is C=COC(=O)C1(F)C(F)(F)C(F)(C(=O)O)C(F)(F)C(F)(C(=O)O)C1(F)F. The van der Waals surface area contributed by atoms with Crippen LogP contribution >= 0.6 is 0 Å². The lowest BCUT2D eigenvalue weighted by atomic mass is 9.61. The van der Waals surface area contributed by atoms with Gasteiger partial charge in [0.2, 0.25) is 0 Å². The number of alkyl halides is 9. The van der Waals surface area contributed by atoms with Crippen molar-refractivity contribution in [2.45, 2.75) is 34.8 Å². The van der Waals surface area contributed by atoms with E-state index in [-0.39, 0.29) is 6.26 Å². The molecule has 0 aliphatic heterocycles. The molecule has 15 heteroatoms. The summed E-state index contributed by atoms with van der Waals surface area (Å²) in [5.74, 6) is -33.6. The van der Waals surface area contributed by atoms with E-state index in [4.69, 9.17) is 10.2 Å². The third-order valence-corrected chi connectivity index (χ3v) is 3.66. The Morgan fingerprint density at radius 3 is 1.19 bits per heavy atom. The summed E-state index contributed by atoms with van der Waals surface area (Å²) in [6.07, 6.45) is -0.343. The highest BCUT2D eigenvalue weighted by Gasteiger charge is 3.05. The van der Waals surface area contributed by atoms with Gasteiger partial charge >= 0.3 is 52.7 Å². The van der Waals surface area contributed by atoms with Crippen LogP contribution in [0, 0.1) is 0 Å². The molecule has 1 fully saturated rings. The molecule has 148 valence electrons. The van der Waals surface area contributed by atoms with Crippen LogP contribution in [0.1, 0.15) is 0 Å². The smallest absolute Gasteiger partial charge is 0.362 e. The average molecular weight is 404 g/mol. The van der Waals surface area contributed by atoms with Gasteiger partial charge < -0.3 is 14.9 Å². The lowest BCUT2D eigenvalue weighted by molar-refractivity contribution is -0.409. The molecular formula is C11H5F9O6. The molecule has 2 atom stereocenters. The second-order valence-corrected chi connectivity index (χ2v) is 4.88. The number of rotatable bonds is 4. The number of carbonyl (C=O) groups is 3. The van der Waals surface area contributed by atoms with Crippen molar-refractivity contribution in [1.29, 1.82) is 0 Å². The van der Waals surface area contributed by atoms with Gasteiger partial charge in [-0.15, -0.1) is 0 Å². The summed E-state index contributed by atoms with van der Waals surface area (Å²) in [6.45, 7) is 2.43. The molecule has 0 aromatic rings. The monoisotopic (exact) mass is 404 g/mol. The van der Waals surface area contributed by atoms with E-state index in [9.17, 15) is 53.9 Å². The van der Waals surface area contributed by atoms with Crippen molar-refractivity contribution < 1.29 is 68.8 Å². The first kappa shape index (κ1) is 21.6. The lowest BCUT2D eigenvalue weighted by Gasteiger charge is -2.53. The fourth-order valence-electron chi connectivity index (χ4n) is 2.25. The van der Waals surface area contributed by atoms with Gasteiger partial charge in [0.05, 0.1) is 6.26 Å². The van der Waals surface area contributed by atoms with Crippen LogP contribution in [0.5, 0.6) is 0 Å². The number of carbonyl (C=O) groups excluding carboxylic acids is 1. The zero-order valence-corrected chi connectivity index (χ0v) is 11.7. The van der Waals surface area contributed by atoms with E-state index in [1.807, 2.05) is 0 Å². The zero-order valence-electron chi connectivity index (χ0n) is 11.7. The maximum absolute atomic E-state index is 14.4. The lowest BCUT2D eigenvalue weighted by Crippen LogP contribution is -2.90. The molecule has 2 unspecified atom stereocenters. The summed E-state index contributed by atoms with van der Waals surface area (Å²) in [5.41, 5.74) is -20.7. The van der Waals surface area contributed by atoms with Gasteiger partial charge in [0.25, 0.3) is 0 Å². The molecule has 1 saturated carbocycles. The van der Waals surface area contributed by atoms with Gasteiger partial charge in [-0.2, -0.15) is 26.3 Å². The second-order valence-electron chi connectivity index (χ2n) is 4.88. The van der Waals surface area contributed by atoms with E-state index >= 15 is 0 Å². The molecule has 1 aliphatic rings. The molecule has 0 amide bonds. The molecule has 0 aromatic heterocycles. The van der Waals surface area contributed by atoms with E-state index in [1.54, 1.807) is 0 Å². The molecule has 0 radical (unpaired) electrons. The maximum atomic E-state index is 14.4. The highest BCUT2D eigenvalue weighted by Crippen LogP contribution is 2.68. The average Bonchev–Trinajstić information content (AvgIpc) is 2.49. The fourth-order valence-corrected chi connectivity index (χ4v) is 2.25. The van der Waals surface area contributed by atoms with Crippen LogP contribution in [-0.2, 0) is 19.1 Å². The van der Waals surface area contributed by atoms with Crippen molar-refractivity contribution in [2.75, 3.05) is 0 Å². The number of ether oxygens (including phenoxy) is 1. The Morgan fingerprint density at radius 1 is 0.692 bits per heavy atom. The first-order valence-electron chi connectivity index (χ1n) is 5.86. The molecular weight excluding hydrogens is 399 g/mol. The van der Waals surface area contributed by atoms with Crippen LogP contribution in [0.15, 0.2) is 12.8 Å². The van der Waals surface area contributed by atoms with Crippen molar-refractivity contribution in [1.82, 2.24) is 0 Å². The van der Waals surface area contributed by atoms with Gasteiger partial charge in [-0.25, -0.2) is 27.6 Å². The zero-order chi connectivity index (χ0) is 21.1. The topological polar surface area (TPSA) is 101 Å². The minimum atomic E-state index is -7.27. The Labute approximate surface area is 135 Å². The summed E-state index contributed by atoms with van der Waals surface area (Å²) in [4.78, 5) is 32.4. The Kier molecular flexibility index (Phi) is 4.36. The Balaban J connectivity index is 4.19. The van der Waals surface area contributed by atoms with Crippen LogP contribution in [-0.4, -0.2) is 62.9 Å². The van der Waals surface area contributed by atoms with Crippen LogP contribution in [0.3, 0.4) is 0 Å². The van der Waals surface area contributed by atoms with Crippen LogP contribution in [0.4, 0.5) is 39.5 Å². The van der Waals surface area contributed by atoms with E-state index in [1.165, 1.54) is 0 Å². The van der Waals surface area contributed by atoms with Crippen molar-refractivity contribution >= 4 is 17.9 Å². The summed E-state index contributed by atoms with van der Waals surface area (Å²) in [6, 6.07) is 0. The van der Waals surface area contributed by atoms with Gasteiger partial charge in [0.1, 0.15) is 0 Å². The molecule has 0 bridgehead atoms. The Morgan fingerprint density at radius 2 is 0.962 bits per heavy atom. The number of hydrogen-bond donors (Lipinski definition) is 2. The molecule has 2 N–H and O–H groups in total. The summed E-state index contributed by atoms with van der Waals surface area (Å²) >= 11 is 0. The summed E-state index contributed by atoms with van der Waals surface area (Å²) in [5, 5.41) is 16.6. The number of hydrogen-bond acceptors (Lipinski definition) is 4. The maximum Gasteiger partial charge on any atom is 0.362 e. The molecule has 6 nitrogen and oxygen atoms in total. The number of aliphatic carboxylic acids is 2. The molecule has 0 saturated heterocycles. The molecule has 0 aromatic carbocycles. The molecule has 0 spiro atoms. The minimum absolute atomic E-state index is 0.343. The molecule has 1 aliphatic carbocycles. The van der Waals surface area contributed by atoms with Gasteiger partial charge in [0, 0.05) is 0 Å². The van der Waals surface area contributed by atoms with Crippen molar-refractivity contribution in [3.63, 3.8) is 0 Å². The van der Waals surface area contributed by atoms with Crippen molar-refractivity contribution in [3.05, 3.63) is 12.8 Å². The highest BCUT2D eigenvalue weighted by molar-refractivity contribution is 5.95. The van der Waals surface area contributed by atoms with E-state index in [0.29, 0.717) is 0 Å². The van der Waals surface area contributed by atoms with Gasteiger partial charge in [-0.1, -0.05) is 6.58 Å². The number of carboxylic acids is 2. The fraction of sp³-hybridized carbons (Fsp3) is 0.545. The Bertz CT molecular complexity index is 650.